The van der Waals surface area contributed by atoms with E-state index in [1.54, 1.807) is 11.8 Å². The van der Waals surface area contributed by atoms with Crippen LogP contribution in [0.3, 0.4) is 0 Å². The molecular weight excluding hydrogens is 530 g/mol. The molecule has 1 heterocycles. The maximum Gasteiger partial charge on any atom is 0.364 e. The molecule has 5 atom stereocenters. The fraction of sp³-hybridized carbons (Fsp3) is 0.533. The average Bonchev–Trinajstić information content (AvgIpc) is 2.95. The highest BCUT2D eigenvalue weighted by atomic mass is 32.2. The Hall–Kier alpha value is -2.47. The predicted octanol–water partition coefficient (Wildman–Crippen LogP) is 3.00. The quantitative estimate of drug-likeness (QED) is 0.192. The van der Waals surface area contributed by atoms with Crippen molar-refractivity contribution in [2.45, 2.75) is 63.7 Å². The number of rotatable bonds is 16. The van der Waals surface area contributed by atoms with Crippen LogP contribution in [0.2, 0.25) is 0 Å². The lowest BCUT2D eigenvalue weighted by Crippen LogP contribution is -2.61. The van der Waals surface area contributed by atoms with Gasteiger partial charge in [0, 0.05) is 44.6 Å². The summed E-state index contributed by atoms with van der Waals surface area (Å²) in [7, 11) is 0. The van der Waals surface area contributed by atoms with Gasteiger partial charge in [-0.2, -0.15) is 11.8 Å². The summed E-state index contributed by atoms with van der Waals surface area (Å²) in [4.78, 5) is 24.2. The van der Waals surface area contributed by atoms with E-state index in [2.05, 4.69) is 47.0 Å². The van der Waals surface area contributed by atoms with Gasteiger partial charge in [-0.15, -0.1) is 0 Å². The summed E-state index contributed by atoms with van der Waals surface area (Å²) in [5, 5.41) is 27.3. The fourth-order valence-electron chi connectivity index (χ4n) is 4.88. The van der Waals surface area contributed by atoms with Crippen LogP contribution in [0.5, 0.6) is 0 Å². The van der Waals surface area contributed by atoms with Crippen molar-refractivity contribution in [2.75, 3.05) is 31.2 Å². The average molecular weight is 574 g/mol. The first-order valence-electron chi connectivity index (χ1n) is 13.9. The van der Waals surface area contributed by atoms with Crippen LogP contribution < -0.4 is 16.4 Å². The summed E-state index contributed by atoms with van der Waals surface area (Å²) in [5.41, 5.74) is 8.88. The van der Waals surface area contributed by atoms with Crippen molar-refractivity contribution >= 4 is 23.6 Å². The maximum absolute atomic E-state index is 12.3. The maximum atomic E-state index is 12.3. The van der Waals surface area contributed by atoms with Gasteiger partial charge in [-0.05, 0) is 35.3 Å². The van der Waals surface area contributed by atoms with Gasteiger partial charge in [-0.25, -0.2) is 4.79 Å². The van der Waals surface area contributed by atoms with Gasteiger partial charge < -0.3 is 36.1 Å². The Labute approximate surface area is 241 Å². The second-order valence-corrected chi connectivity index (χ2v) is 11.4. The van der Waals surface area contributed by atoms with Crippen LogP contribution in [-0.2, 0) is 25.6 Å². The Morgan fingerprint density at radius 1 is 1.15 bits per heavy atom. The number of amides is 1. The molecule has 1 amide bonds. The third-order valence-corrected chi connectivity index (χ3v) is 8.22. The first-order valence-corrected chi connectivity index (χ1v) is 15.0. The first kappa shape index (κ1) is 32.0. The van der Waals surface area contributed by atoms with Crippen molar-refractivity contribution in [2.24, 2.45) is 11.7 Å². The molecule has 0 aliphatic carbocycles. The number of aliphatic hydroxyl groups is 1. The Morgan fingerprint density at radius 3 is 2.50 bits per heavy atom. The summed E-state index contributed by atoms with van der Waals surface area (Å²) >= 11 is 1.69. The lowest BCUT2D eigenvalue weighted by atomic mass is 9.86. The zero-order valence-corrected chi connectivity index (χ0v) is 24.2. The molecule has 1 fully saturated rings. The predicted molar refractivity (Wildman–Crippen MR) is 158 cm³/mol. The molecular formula is C30H43N3O6S. The van der Waals surface area contributed by atoms with Gasteiger partial charge in [0.05, 0.1) is 24.9 Å². The van der Waals surface area contributed by atoms with E-state index in [4.69, 9.17) is 15.2 Å². The molecule has 9 nitrogen and oxygen atoms in total. The standard InChI is InChI=1S/C30H43N3O6S/c1-21(27(35)20-32-19-23-9-11-25(12-10-23)24-7-4-3-5-8-24)28-26(33-22(2)34)13-14-30(39-28,29(36)37)38-16-6-17-40-18-15-31/h3-5,7-12,21,26-28,32,35H,6,13-20,31H2,1-2H3,(H,33,34)(H,36,37)/t21-,26-,27?,28+,30-/m1/s1. The van der Waals surface area contributed by atoms with Crippen LogP contribution in [0, 0.1) is 5.92 Å². The third kappa shape index (κ3) is 9.29. The summed E-state index contributed by atoms with van der Waals surface area (Å²) in [6, 6.07) is 18.0. The fourth-order valence-corrected chi connectivity index (χ4v) is 5.58. The van der Waals surface area contributed by atoms with Crippen molar-refractivity contribution in [3.05, 3.63) is 60.2 Å². The Balaban J connectivity index is 1.59. The van der Waals surface area contributed by atoms with Gasteiger partial charge in [-0.3, -0.25) is 4.79 Å². The van der Waals surface area contributed by atoms with E-state index in [0.717, 1.165) is 28.2 Å². The van der Waals surface area contributed by atoms with Crippen LogP contribution in [0.4, 0.5) is 0 Å². The molecule has 2 aromatic rings. The number of aliphatic hydroxyl groups excluding tert-OH is 1. The van der Waals surface area contributed by atoms with E-state index in [1.807, 2.05) is 25.1 Å². The van der Waals surface area contributed by atoms with Crippen LogP contribution in [0.15, 0.2) is 54.6 Å². The van der Waals surface area contributed by atoms with E-state index >= 15 is 0 Å². The number of carbonyl (C=O) groups excluding carboxylic acids is 1. The number of aliphatic carboxylic acids is 1. The molecule has 0 bridgehead atoms. The minimum Gasteiger partial charge on any atom is -0.477 e. The summed E-state index contributed by atoms with van der Waals surface area (Å²) in [5.74, 6) is -2.10. The molecule has 1 aliphatic rings. The van der Waals surface area contributed by atoms with Gasteiger partial charge in [0.2, 0.25) is 5.91 Å². The Morgan fingerprint density at radius 2 is 1.85 bits per heavy atom. The number of ether oxygens (including phenoxy) is 2. The van der Waals surface area contributed by atoms with E-state index in [1.165, 1.54) is 6.92 Å². The van der Waals surface area contributed by atoms with Crippen molar-refractivity contribution < 1.29 is 29.3 Å². The third-order valence-electron chi connectivity index (χ3n) is 7.12. The lowest BCUT2D eigenvalue weighted by molar-refractivity contribution is -0.290. The molecule has 0 saturated carbocycles. The minimum atomic E-state index is -1.82. The second-order valence-electron chi connectivity index (χ2n) is 10.2. The molecule has 220 valence electrons. The van der Waals surface area contributed by atoms with Crippen molar-refractivity contribution in [1.82, 2.24) is 10.6 Å². The van der Waals surface area contributed by atoms with Gasteiger partial charge in [0.15, 0.2) is 0 Å². The lowest BCUT2D eigenvalue weighted by Gasteiger charge is -2.45. The molecule has 6 N–H and O–H groups in total. The second kappa shape index (κ2) is 16.1. The number of benzene rings is 2. The molecule has 2 aromatic carbocycles. The Kier molecular flexibility index (Phi) is 12.9. The zero-order valence-electron chi connectivity index (χ0n) is 23.4. The van der Waals surface area contributed by atoms with Crippen molar-refractivity contribution in [3.63, 3.8) is 0 Å². The van der Waals surface area contributed by atoms with Crippen molar-refractivity contribution in [3.8, 4) is 11.1 Å². The first-order chi connectivity index (χ1) is 19.3. The number of carboxylic acids is 1. The largest absolute Gasteiger partial charge is 0.477 e. The summed E-state index contributed by atoms with van der Waals surface area (Å²) in [6.07, 6.45) is -0.474. The van der Waals surface area contributed by atoms with Gasteiger partial charge in [-0.1, -0.05) is 61.5 Å². The molecule has 0 spiro atoms. The number of carboxylic acid groups (broad SMARTS) is 1. The van der Waals surface area contributed by atoms with Crippen LogP contribution in [0.1, 0.15) is 38.7 Å². The smallest absolute Gasteiger partial charge is 0.364 e. The van der Waals surface area contributed by atoms with Gasteiger partial charge in [0.1, 0.15) is 0 Å². The number of nitrogens with one attached hydrogen (secondary N) is 2. The van der Waals surface area contributed by atoms with Gasteiger partial charge in [0.25, 0.3) is 5.79 Å². The molecule has 0 aromatic heterocycles. The monoisotopic (exact) mass is 573 g/mol. The number of hydrogen-bond acceptors (Lipinski definition) is 8. The molecule has 1 aliphatic heterocycles. The number of carbonyl (C=O) groups is 2. The summed E-state index contributed by atoms with van der Waals surface area (Å²) in [6.45, 7) is 4.87. The van der Waals surface area contributed by atoms with Crippen molar-refractivity contribution in [1.29, 1.82) is 0 Å². The number of nitrogens with two attached hydrogens (primary N) is 1. The highest BCUT2D eigenvalue weighted by Crippen LogP contribution is 2.35. The SMILES string of the molecule is CC(=O)N[C@@H]1CC[C@](OCCCSCCN)(C(=O)O)O[C@H]1[C@H](C)C(O)CNCc1ccc(-c2ccccc2)cc1. The molecule has 3 rings (SSSR count). The van der Waals surface area contributed by atoms with E-state index in [-0.39, 0.29) is 25.5 Å². The Bertz CT molecular complexity index is 1060. The molecule has 0 radical (unpaired) electrons. The van der Waals surface area contributed by atoms with Gasteiger partial charge >= 0.3 is 5.97 Å². The molecule has 10 heteroatoms. The number of thioether (sulfide) groups is 1. The van der Waals surface area contributed by atoms with Crippen LogP contribution in [0.25, 0.3) is 11.1 Å². The molecule has 1 unspecified atom stereocenters. The van der Waals surface area contributed by atoms with E-state index < -0.39 is 35.9 Å². The highest BCUT2D eigenvalue weighted by Gasteiger charge is 2.51. The molecule has 1 saturated heterocycles. The molecule has 40 heavy (non-hydrogen) atoms. The highest BCUT2D eigenvalue weighted by molar-refractivity contribution is 7.99. The van der Waals surface area contributed by atoms with Crippen LogP contribution >= 0.6 is 11.8 Å². The zero-order chi connectivity index (χ0) is 29.0. The summed E-state index contributed by atoms with van der Waals surface area (Å²) < 4.78 is 12.0. The number of hydrogen-bond donors (Lipinski definition) is 5. The normalized spacial score (nSPS) is 22.4. The van der Waals surface area contributed by atoms with E-state index in [0.29, 0.717) is 25.9 Å². The topological polar surface area (TPSA) is 143 Å². The van der Waals surface area contributed by atoms with E-state index in [9.17, 15) is 19.8 Å². The minimum absolute atomic E-state index is 0.0970. The van der Waals surface area contributed by atoms with Crippen LogP contribution in [-0.4, -0.2) is 77.3 Å².